The predicted octanol–water partition coefficient (Wildman–Crippen LogP) is 2.87. The van der Waals surface area contributed by atoms with Gasteiger partial charge in [-0.05, 0) is 61.2 Å². The molecule has 2 amide bonds. The highest BCUT2D eigenvalue weighted by Gasteiger charge is 2.28. The normalized spacial score (nSPS) is 14.7. The maximum atomic E-state index is 13.0. The first-order chi connectivity index (χ1) is 17.0. The number of rotatable bonds is 4. The molecule has 174 valence electrons. The zero-order chi connectivity index (χ0) is 24.1. The summed E-state index contributed by atoms with van der Waals surface area (Å²) in [6, 6.07) is 16.0. The molecule has 1 fully saturated rings. The topological polar surface area (TPSA) is 117 Å². The molecule has 2 aromatic carbocycles. The molecule has 2 aliphatic rings. The number of fused-ring (bicyclic) bond motifs is 2. The minimum absolute atomic E-state index is 0.0318. The lowest BCUT2D eigenvalue weighted by atomic mass is 10.1. The highest BCUT2D eigenvalue weighted by atomic mass is 16.2. The van der Waals surface area contributed by atoms with Crippen LogP contribution in [-0.2, 0) is 6.42 Å². The lowest BCUT2D eigenvalue weighted by molar-refractivity contribution is 0.0988. The van der Waals surface area contributed by atoms with Crippen LogP contribution in [0.15, 0.2) is 70.4 Å². The van der Waals surface area contributed by atoms with E-state index in [0.717, 1.165) is 30.5 Å². The molecule has 3 heterocycles. The van der Waals surface area contributed by atoms with E-state index < -0.39 is 17.2 Å². The summed E-state index contributed by atoms with van der Waals surface area (Å²) in [7, 11) is 0. The van der Waals surface area contributed by atoms with Gasteiger partial charge in [0.15, 0.2) is 0 Å². The Hall–Kier alpha value is -4.53. The van der Waals surface area contributed by atoms with Gasteiger partial charge in [0.05, 0.1) is 10.9 Å². The molecule has 1 saturated carbocycles. The summed E-state index contributed by atoms with van der Waals surface area (Å²) < 4.78 is 1.48. The average Bonchev–Trinajstić information content (AvgIpc) is 3.61. The van der Waals surface area contributed by atoms with Gasteiger partial charge in [-0.2, -0.15) is 0 Å². The smallest absolute Gasteiger partial charge is 0.322 e. The summed E-state index contributed by atoms with van der Waals surface area (Å²) in [5, 5.41) is 2.96. The minimum Gasteiger partial charge on any atom is -0.322 e. The second-order valence-corrected chi connectivity index (χ2v) is 8.82. The number of carbonyl (C=O) groups is 2. The van der Waals surface area contributed by atoms with E-state index in [9.17, 15) is 19.2 Å². The second-order valence-electron chi connectivity index (χ2n) is 8.82. The molecule has 0 atom stereocenters. The van der Waals surface area contributed by atoms with Crippen molar-refractivity contribution < 1.29 is 9.59 Å². The molecular weight excluding hydrogens is 446 g/mol. The van der Waals surface area contributed by atoms with Crippen LogP contribution < -0.4 is 21.5 Å². The predicted molar refractivity (Wildman–Crippen MR) is 131 cm³/mol. The number of aromatic amines is 1. The lowest BCUT2D eigenvalue weighted by Gasteiger charge is -2.17. The molecule has 2 N–H and O–H groups in total. The summed E-state index contributed by atoms with van der Waals surface area (Å²) in [5.74, 6) is -0.539. The largest absolute Gasteiger partial charge is 0.330 e. The number of nitrogens with one attached hydrogen (secondary N) is 2. The standard InChI is InChI=1S/C26H21N5O4/c32-23(17-13-20-22(27-14-17)31(19-9-10-19)26(35)29-24(20)33)28-18-7-5-16(6-8-18)25(34)30-12-11-15-3-1-2-4-21(15)30/h1-8,13-14,19H,9-12H2,(H,28,32)(H,29,33,35). The lowest BCUT2D eigenvalue weighted by Crippen LogP contribution is -2.30. The quantitative estimate of drug-likeness (QED) is 0.479. The monoisotopic (exact) mass is 467 g/mol. The van der Waals surface area contributed by atoms with Gasteiger partial charge in [0.2, 0.25) is 0 Å². The van der Waals surface area contributed by atoms with Crippen molar-refractivity contribution in [1.29, 1.82) is 0 Å². The van der Waals surface area contributed by atoms with Crippen molar-refractivity contribution in [3.05, 3.63) is 98.3 Å². The Bertz CT molecular complexity index is 1620. The fraction of sp³-hybridized carbons (Fsp3) is 0.192. The summed E-state index contributed by atoms with van der Waals surface area (Å²) >= 11 is 0. The van der Waals surface area contributed by atoms with Crippen LogP contribution in [0.25, 0.3) is 11.0 Å². The van der Waals surface area contributed by atoms with Crippen molar-refractivity contribution in [2.45, 2.75) is 25.3 Å². The highest BCUT2D eigenvalue weighted by molar-refractivity contribution is 6.08. The number of H-pyrrole nitrogens is 1. The molecule has 6 rings (SSSR count). The van der Waals surface area contributed by atoms with Crippen molar-refractivity contribution in [2.75, 3.05) is 16.8 Å². The zero-order valence-electron chi connectivity index (χ0n) is 18.7. The highest BCUT2D eigenvalue weighted by Crippen LogP contribution is 2.34. The van der Waals surface area contributed by atoms with E-state index in [1.165, 1.54) is 16.8 Å². The Labute approximate surface area is 199 Å². The van der Waals surface area contributed by atoms with Crippen LogP contribution in [0, 0.1) is 0 Å². The van der Waals surface area contributed by atoms with E-state index in [1.54, 1.807) is 29.2 Å². The number of carbonyl (C=O) groups excluding carboxylic acids is 2. The Balaban J connectivity index is 1.21. The van der Waals surface area contributed by atoms with Crippen LogP contribution in [-0.4, -0.2) is 32.9 Å². The van der Waals surface area contributed by atoms with Crippen molar-refractivity contribution in [2.24, 2.45) is 0 Å². The molecule has 0 unspecified atom stereocenters. The molecule has 1 aliphatic carbocycles. The Kier molecular flexibility index (Phi) is 4.84. The molecule has 2 aromatic heterocycles. The Morgan fingerprint density at radius 3 is 2.54 bits per heavy atom. The van der Waals surface area contributed by atoms with Gasteiger partial charge in [-0.25, -0.2) is 9.78 Å². The van der Waals surface area contributed by atoms with Gasteiger partial charge >= 0.3 is 5.69 Å². The number of benzene rings is 2. The molecule has 9 nitrogen and oxygen atoms in total. The molecule has 4 aromatic rings. The molecule has 0 bridgehead atoms. The van der Waals surface area contributed by atoms with Crippen LogP contribution in [0.5, 0.6) is 0 Å². The molecule has 0 spiro atoms. The van der Waals surface area contributed by atoms with Gasteiger partial charge in [0, 0.05) is 35.7 Å². The maximum Gasteiger partial charge on any atom is 0.330 e. The third kappa shape index (κ3) is 3.71. The molecule has 0 saturated heterocycles. The summed E-state index contributed by atoms with van der Waals surface area (Å²) in [5.41, 5.74) is 2.53. The fourth-order valence-corrected chi connectivity index (χ4v) is 4.54. The third-order valence-corrected chi connectivity index (χ3v) is 6.47. The number of pyridine rings is 1. The van der Waals surface area contributed by atoms with Gasteiger partial charge in [-0.15, -0.1) is 0 Å². The Morgan fingerprint density at radius 2 is 1.77 bits per heavy atom. The van der Waals surface area contributed by atoms with Crippen molar-refractivity contribution in [3.63, 3.8) is 0 Å². The molecule has 9 heteroatoms. The number of anilines is 2. The average molecular weight is 467 g/mol. The van der Waals surface area contributed by atoms with E-state index in [2.05, 4.69) is 15.3 Å². The van der Waals surface area contributed by atoms with Crippen molar-refractivity contribution in [3.8, 4) is 0 Å². The molecular formula is C26H21N5O4. The first-order valence-corrected chi connectivity index (χ1v) is 11.5. The zero-order valence-corrected chi connectivity index (χ0v) is 18.7. The van der Waals surface area contributed by atoms with Gasteiger partial charge in [-0.3, -0.25) is 23.9 Å². The van der Waals surface area contributed by atoms with E-state index in [1.807, 2.05) is 24.3 Å². The second kappa shape index (κ2) is 8.05. The summed E-state index contributed by atoms with van der Waals surface area (Å²) in [6.45, 7) is 0.638. The van der Waals surface area contributed by atoms with Gasteiger partial charge in [-0.1, -0.05) is 18.2 Å². The van der Waals surface area contributed by atoms with Crippen molar-refractivity contribution >= 4 is 34.2 Å². The summed E-state index contributed by atoms with van der Waals surface area (Å²) in [4.78, 5) is 58.7. The molecule has 0 radical (unpaired) electrons. The van der Waals surface area contributed by atoms with Gasteiger partial charge in [0.1, 0.15) is 5.65 Å². The first kappa shape index (κ1) is 21.0. The van der Waals surface area contributed by atoms with Crippen molar-refractivity contribution in [1.82, 2.24) is 14.5 Å². The molecule has 35 heavy (non-hydrogen) atoms. The van der Waals surface area contributed by atoms with Gasteiger partial charge in [0.25, 0.3) is 17.4 Å². The number of para-hydroxylation sites is 1. The van der Waals surface area contributed by atoms with Crippen LogP contribution in [0.4, 0.5) is 11.4 Å². The molecule has 1 aliphatic heterocycles. The number of hydrogen-bond acceptors (Lipinski definition) is 5. The van der Waals surface area contributed by atoms with Gasteiger partial charge < -0.3 is 10.2 Å². The fourth-order valence-electron chi connectivity index (χ4n) is 4.54. The van der Waals surface area contributed by atoms with E-state index in [0.29, 0.717) is 17.8 Å². The van der Waals surface area contributed by atoms with Crippen LogP contribution >= 0.6 is 0 Å². The minimum atomic E-state index is -0.574. The van der Waals surface area contributed by atoms with Crippen LogP contribution in [0.1, 0.15) is 45.2 Å². The third-order valence-electron chi connectivity index (χ3n) is 6.47. The number of aromatic nitrogens is 3. The Morgan fingerprint density at radius 1 is 1.00 bits per heavy atom. The van der Waals surface area contributed by atoms with Crippen LogP contribution in [0.3, 0.4) is 0 Å². The van der Waals surface area contributed by atoms with E-state index >= 15 is 0 Å². The van der Waals surface area contributed by atoms with E-state index in [-0.39, 0.29) is 28.5 Å². The maximum absolute atomic E-state index is 13.0. The first-order valence-electron chi connectivity index (χ1n) is 11.5. The summed E-state index contributed by atoms with van der Waals surface area (Å²) in [6.07, 6.45) is 3.90. The number of nitrogens with zero attached hydrogens (tertiary/aromatic N) is 3. The number of amides is 2. The number of hydrogen-bond donors (Lipinski definition) is 2. The van der Waals surface area contributed by atoms with E-state index in [4.69, 9.17) is 0 Å². The van der Waals surface area contributed by atoms with Crippen LogP contribution in [0.2, 0.25) is 0 Å². The SMILES string of the molecule is O=C(Nc1ccc(C(=O)N2CCc3ccccc32)cc1)c1cnc2c(c1)c(=O)[nH]c(=O)n2C1CC1.